The lowest BCUT2D eigenvalue weighted by molar-refractivity contribution is 0.421. The van der Waals surface area contributed by atoms with Gasteiger partial charge in [0.15, 0.2) is 0 Å². The van der Waals surface area contributed by atoms with Crippen molar-refractivity contribution in [2.45, 2.75) is 72.1 Å². The van der Waals surface area contributed by atoms with Crippen molar-refractivity contribution in [2.24, 2.45) is 4.99 Å². The van der Waals surface area contributed by atoms with Gasteiger partial charge >= 0.3 is 0 Å². The second kappa shape index (κ2) is 14.2. The summed E-state index contributed by atoms with van der Waals surface area (Å²) in [5.41, 5.74) is 2.26. The van der Waals surface area contributed by atoms with E-state index in [-0.39, 0.29) is 0 Å². The van der Waals surface area contributed by atoms with E-state index in [0.717, 1.165) is 5.69 Å². The lowest BCUT2D eigenvalue weighted by Gasteiger charge is -2.24. The molecule has 3 nitrogen and oxygen atoms in total. The fourth-order valence-electron chi connectivity index (χ4n) is 2.68. The van der Waals surface area contributed by atoms with Crippen LogP contribution in [0.2, 0.25) is 0 Å². The highest BCUT2D eigenvalue weighted by Crippen LogP contribution is 2.19. The molecular weight excluding hydrogens is 326 g/mol. The number of benzene rings is 1. The Hall–Kier alpha value is -1.00. The van der Waals surface area contributed by atoms with Crippen LogP contribution in [0.15, 0.2) is 29.3 Å². The zero-order chi connectivity index (χ0) is 18.3. The van der Waals surface area contributed by atoms with Gasteiger partial charge in [-0.3, -0.25) is 4.31 Å². The molecule has 142 valence electrons. The molecule has 0 heterocycles. The van der Waals surface area contributed by atoms with Crippen LogP contribution in [0, 0.1) is 6.92 Å². The zero-order valence-electron chi connectivity index (χ0n) is 16.7. The van der Waals surface area contributed by atoms with E-state index in [9.17, 15) is 0 Å². The number of hydrogen-bond acceptors (Lipinski definition) is 3. The van der Waals surface area contributed by atoms with E-state index in [0.29, 0.717) is 0 Å². The normalized spacial score (nSPS) is 11.6. The predicted molar refractivity (Wildman–Crippen MR) is 115 cm³/mol. The van der Waals surface area contributed by atoms with Crippen LogP contribution in [0.1, 0.15) is 70.8 Å². The number of aliphatic imine (C=N–C) groups is 1. The van der Waals surface area contributed by atoms with Gasteiger partial charge in [-0.2, -0.15) is 0 Å². The van der Waals surface area contributed by atoms with Gasteiger partial charge in [0, 0.05) is 32.3 Å². The van der Waals surface area contributed by atoms with Crippen molar-refractivity contribution in [3.8, 4) is 0 Å². The molecule has 0 aromatic heterocycles. The third kappa shape index (κ3) is 10.6. The van der Waals surface area contributed by atoms with Gasteiger partial charge in [-0.1, -0.05) is 70.6 Å². The Morgan fingerprint density at radius 3 is 2.08 bits per heavy atom. The second-order valence-electron chi connectivity index (χ2n) is 6.71. The Kier molecular flexibility index (Phi) is 12.5. The van der Waals surface area contributed by atoms with E-state index < -0.39 is 0 Å². The number of hydrogen-bond donors (Lipinski definition) is 0. The molecule has 25 heavy (non-hydrogen) atoms. The van der Waals surface area contributed by atoms with Gasteiger partial charge in [0.25, 0.3) is 0 Å². The summed E-state index contributed by atoms with van der Waals surface area (Å²) >= 11 is 1.80. The molecule has 0 amide bonds. The number of rotatable bonds is 14. The first kappa shape index (κ1) is 22.0. The molecule has 0 saturated carbocycles. The molecule has 0 radical (unpaired) electrons. The van der Waals surface area contributed by atoms with Gasteiger partial charge in [0.1, 0.15) is 6.34 Å². The van der Waals surface area contributed by atoms with Crippen LogP contribution >= 0.6 is 12.1 Å². The van der Waals surface area contributed by atoms with Crippen molar-refractivity contribution in [3.05, 3.63) is 29.8 Å². The number of para-hydroxylation sites is 1. The third-order valence-electron chi connectivity index (χ3n) is 4.24. The van der Waals surface area contributed by atoms with E-state index >= 15 is 0 Å². The molecular formula is C21H37N3S. The molecule has 0 unspecified atom stereocenters. The molecule has 0 aliphatic rings. The molecule has 0 atom stereocenters. The lowest BCUT2D eigenvalue weighted by atomic mass is 10.2. The molecule has 0 aliphatic carbocycles. The quantitative estimate of drug-likeness (QED) is 0.160. The van der Waals surface area contributed by atoms with Crippen LogP contribution in [-0.2, 0) is 0 Å². The van der Waals surface area contributed by atoms with Crippen molar-refractivity contribution >= 4 is 24.2 Å². The summed E-state index contributed by atoms with van der Waals surface area (Å²) in [5.74, 6) is 0. The van der Waals surface area contributed by atoms with E-state index in [1.807, 2.05) is 12.4 Å². The average molecular weight is 364 g/mol. The Labute approximate surface area is 160 Å². The Bertz CT molecular complexity index is 464. The third-order valence-corrected chi connectivity index (χ3v) is 5.19. The van der Waals surface area contributed by atoms with E-state index in [2.05, 4.69) is 59.6 Å². The highest BCUT2D eigenvalue weighted by atomic mass is 32.2. The molecule has 0 N–H and O–H groups in total. The lowest BCUT2D eigenvalue weighted by Crippen LogP contribution is -2.24. The fraction of sp³-hybridized carbons (Fsp3) is 0.667. The molecule has 1 aromatic rings. The van der Waals surface area contributed by atoms with Crippen molar-refractivity contribution < 1.29 is 0 Å². The first-order valence-electron chi connectivity index (χ1n) is 9.93. The van der Waals surface area contributed by atoms with Crippen LogP contribution in [0.25, 0.3) is 0 Å². The van der Waals surface area contributed by atoms with E-state index in [1.54, 1.807) is 12.1 Å². The number of nitrogens with zero attached hydrogens (tertiary/aromatic N) is 3. The summed E-state index contributed by atoms with van der Waals surface area (Å²) in [6.07, 6.45) is 12.5. The molecule has 1 rings (SSSR count). The first-order valence-corrected chi connectivity index (χ1v) is 10.7. The Morgan fingerprint density at radius 1 is 0.920 bits per heavy atom. The largest absolute Gasteiger partial charge is 0.297 e. The van der Waals surface area contributed by atoms with Gasteiger partial charge in [0.05, 0.1) is 5.69 Å². The van der Waals surface area contributed by atoms with E-state index in [1.165, 1.54) is 70.0 Å². The first-order chi connectivity index (χ1) is 12.2. The highest BCUT2D eigenvalue weighted by molar-refractivity contribution is 7.95. The Morgan fingerprint density at radius 2 is 1.52 bits per heavy atom. The average Bonchev–Trinajstić information content (AvgIpc) is 2.61. The van der Waals surface area contributed by atoms with Crippen molar-refractivity contribution in [2.75, 3.05) is 20.1 Å². The van der Waals surface area contributed by atoms with Gasteiger partial charge in [-0.05, 0) is 31.4 Å². The molecule has 0 fully saturated rings. The van der Waals surface area contributed by atoms with E-state index in [4.69, 9.17) is 0 Å². The molecule has 0 saturated heterocycles. The number of aryl methyl sites for hydroxylation is 1. The molecule has 0 bridgehead atoms. The topological polar surface area (TPSA) is 18.8 Å². The van der Waals surface area contributed by atoms with Crippen LogP contribution < -0.4 is 0 Å². The zero-order valence-corrected chi connectivity index (χ0v) is 17.5. The highest BCUT2D eigenvalue weighted by Gasteiger charge is 2.08. The summed E-state index contributed by atoms with van der Waals surface area (Å²) < 4.78 is 4.64. The smallest absolute Gasteiger partial charge is 0.102 e. The summed E-state index contributed by atoms with van der Waals surface area (Å²) in [5, 5.41) is 0. The second-order valence-corrected chi connectivity index (χ2v) is 7.96. The van der Waals surface area contributed by atoms with Gasteiger partial charge in [0.2, 0.25) is 0 Å². The van der Waals surface area contributed by atoms with Gasteiger partial charge in [-0.25, -0.2) is 9.30 Å². The van der Waals surface area contributed by atoms with Crippen molar-refractivity contribution in [3.63, 3.8) is 0 Å². The molecule has 0 spiro atoms. The molecule has 4 heteroatoms. The van der Waals surface area contributed by atoms with Gasteiger partial charge < -0.3 is 0 Å². The molecule has 1 aromatic carbocycles. The predicted octanol–water partition coefficient (Wildman–Crippen LogP) is 6.61. The van der Waals surface area contributed by atoms with Crippen molar-refractivity contribution in [1.82, 2.24) is 8.61 Å². The maximum Gasteiger partial charge on any atom is 0.102 e. The molecule has 0 aliphatic heterocycles. The van der Waals surface area contributed by atoms with Crippen LogP contribution in [-0.4, -0.2) is 35.1 Å². The monoisotopic (exact) mass is 363 g/mol. The SMILES string of the molecule is CCCCCCN(CCCCCC)SN(C)C=Nc1ccccc1C. The van der Waals surface area contributed by atoms with Crippen LogP contribution in [0.5, 0.6) is 0 Å². The van der Waals surface area contributed by atoms with Gasteiger partial charge in [-0.15, -0.1) is 0 Å². The summed E-state index contributed by atoms with van der Waals surface area (Å²) in [4.78, 5) is 4.63. The van der Waals surface area contributed by atoms with Crippen LogP contribution in [0.4, 0.5) is 5.69 Å². The van der Waals surface area contributed by atoms with Crippen molar-refractivity contribution in [1.29, 1.82) is 0 Å². The maximum atomic E-state index is 4.63. The summed E-state index contributed by atoms with van der Waals surface area (Å²) in [6, 6.07) is 8.27. The summed E-state index contributed by atoms with van der Waals surface area (Å²) in [6.45, 7) is 8.98. The summed E-state index contributed by atoms with van der Waals surface area (Å²) in [7, 11) is 2.09. The fourth-order valence-corrected chi connectivity index (χ4v) is 3.55. The number of unbranched alkanes of at least 4 members (excludes halogenated alkanes) is 6. The minimum absolute atomic E-state index is 1.05. The maximum absolute atomic E-state index is 4.63. The Balaban J connectivity index is 2.47. The van der Waals surface area contributed by atoms with Crippen LogP contribution in [0.3, 0.4) is 0 Å². The standard InChI is InChI=1S/C21H37N3S/c1-5-7-9-13-17-24(18-14-10-8-6-2)25-23(4)19-22-21-16-12-11-15-20(21)3/h11-12,15-16,19H,5-10,13-14,17-18H2,1-4H3. The minimum atomic E-state index is 1.05. The minimum Gasteiger partial charge on any atom is -0.297 e.